The largest absolute Gasteiger partial charge is 0.490 e. The van der Waals surface area contributed by atoms with Crippen molar-refractivity contribution in [3.8, 4) is 5.75 Å². The Morgan fingerprint density at radius 1 is 1.16 bits per heavy atom. The third kappa shape index (κ3) is 5.92. The maximum Gasteiger partial charge on any atom is 0.243 e. The molecule has 8 nitrogen and oxygen atoms in total. The molecule has 1 aliphatic rings. The number of nitrogens with zero attached hydrogens (tertiary/aromatic N) is 1. The van der Waals surface area contributed by atoms with E-state index in [9.17, 15) is 13.2 Å². The number of benzene rings is 2. The topological polar surface area (TPSA) is 97.0 Å². The first kappa shape index (κ1) is 24.3. The summed E-state index contributed by atoms with van der Waals surface area (Å²) < 4.78 is 38.5. The highest BCUT2D eigenvalue weighted by Crippen LogP contribution is 2.32. The number of morpholine rings is 1. The van der Waals surface area contributed by atoms with Crippen molar-refractivity contribution in [2.75, 3.05) is 36.9 Å². The number of carbonyl (C=O) groups excluding carboxylic acids is 1. The minimum atomic E-state index is -3.63. The van der Waals surface area contributed by atoms with Crippen LogP contribution in [0.4, 0.5) is 11.4 Å². The fourth-order valence-electron chi connectivity index (χ4n) is 3.51. The van der Waals surface area contributed by atoms with Crippen LogP contribution in [-0.4, -0.2) is 57.1 Å². The summed E-state index contributed by atoms with van der Waals surface area (Å²) in [6.45, 7) is 6.61. The van der Waals surface area contributed by atoms with Gasteiger partial charge >= 0.3 is 0 Å². The van der Waals surface area contributed by atoms with E-state index < -0.39 is 10.0 Å². The zero-order chi connectivity index (χ0) is 23.3. The van der Waals surface area contributed by atoms with E-state index in [-0.39, 0.29) is 29.6 Å². The molecule has 0 aromatic heterocycles. The zero-order valence-electron chi connectivity index (χ0n) is 18.3. The molecule has 0 saturated carbocycles. The molecule has 0 bridgehead atoms. The molecule has 2 unspecified atom stereocenters. The molecular weight excluding hydrogens is 454 g/mol. The van der Waals surface area contributed by atoms with Crippen molar-refractivity contribution in [2.45, 2.75) is 37.9 Å². The molecule has 1 fully saturated rings. The number of hydrogen-bond donors (Lipinski definition) is 2. The first-order chi connectivity index (χ1) is 15.2. The lowest BCUT2D eigenvalue weighted by Gasteiger charge is -2.34. The van der Waals surface area contributed by atoms with Crippen LogP contribution >= 0.6 is 11.6 Å². The number of sulfonamides is 1. The standard InChI is InChI=1S/C22H28ClN3O5S/c1-4-30-22-19(23)6-5-7-20(22)24-12-21(27)25-17-8-10-18(11-9-17)32(28,29)26-13-15(2)31-16(3)14-26/h5-11,15-16,24H,4,12-14H2,1-3H3,(H,25,27). The Kier molecular flexibility index (Phi) is 8.00. The predicted molar refractivity (Wildman–Crippen MR) is 125 cm³/mol. The van der Waals surface area contributed by atoms with E-state index in [0.717, 1.165) is 0 Å². The van der Waals surface area contributed by atoms with Gasteiger partial charge in [-0.25, -0.2) is 8.42 Å². The van der Waals surface area contributed by atoms with Crippen LogP contribution in [0.25, 0.3) is 0 Å². The number of halogens is 1. The molecule has 0 spiro atoms. The average Bonchev–Trinajstić information content (AvgIpc) is 2.74. The van der Waals surface area contributed by atoms with Gasteiger partial charge in [0.2, 0.25) is 15.9 Å². The Bertz CT molecular complexity index is 1040. The average molecular weight is 482 g/mol. The molecule has 1 aliphatic heterocycles. The SMILES string of the molecule is CCOc1c(Cl)cccc1NCC(=O)Nc1ccc(S(=O)(=O)N2CC(C)OC(C)C2)cc1. The highest BCUT2D eigenvalue weighted by atomic mass is 35.5. The Hall–Kier alpha value is -2.33. The predicted octanol–water partition coefficient (Wildman–Crippen LogP) is 3.59. The van der Waals surface area contributed by atoms with Crippen LogP contribution in [0.2, 0.25) is 5.02 Å². The number of hydrogen-bond acceptors (Lipinski definition) is 6. The highest BCUT2D eigenvalue weighted by Gasteiger charge is 2.32. The van der Waals surface area contributed by atoms with Gasteiger partial charge in [-0.15, -0.1) is 0 Å². The fraction of sp³-hybridized carbons (Fsp3) is 0.409. The molecule has 32 heavy (non-hydrogen) atoms. The van der Waals surface area contributed by atoms with Crippen molar-refractivity contribution < 1.29 is 22.7 Å². The van der Waals surface area contributed by atoms with Crippen molar-refractivity contribution in [1.29, 1.82) is 0 Å². The third-order valence-electron chi connectivity index (χ3n) is 4.86. The fourth-order valence-corrected chi connectivity index (χ4v) is 5.33. The summed E-state index contributed by atoms with van der Waals surface area (Å²) >= 11 is 6.15. The summed E-state index contributed by atoms with van der Waals surface area (Å²) in [4.78, 5) is 12.5. The monoisotopic (exact) mass is 481 g/mol. The molecule has 0 aliphatic carbocycles. The van der Waals surface area contributed by atoms with E-state index in [0.29, 0.717) is 41.8 Å². The number of anilines is 2. The maximum absolute atomic E-state index is 12.9. The first-order valence-electron chi connectivity index (χ1n) is 10.4. The normalized spacial score (nSPS) is 19.4. The van der Waals surface area contributed by atoms with Crippen LogP contribution in [0, 0.1) is 0 Å². The quantitative estimate of drug-likeness (QED) is 0.598. The van der Waals surface area contributed by atoms with Gasteiger partial charge in [-0.1, -0.05) is 17.7 Å². The van der Waals surface area contributed by atoms with Gasteiger partial charge in [0.15, 0.2) is 5.75 Å². The molecule has 174 valence electrons. The third-order valence-corrected chi connectivity index (χ3v) is 7.00. The van der Waals surface area contributed by atoms with Crippen molar-refractivity contribution in [3.05, 3.63) is 47.5 Å². The van der Waals surface area contributed by atoms with E-state index in [1.54, 1.807) is 30.3 Å². The lowest BCUT2D eigenvalue weighted by Crippen LogP contribution is -2.48. The minimum absolute atomic E-state index is 0.00990. The van der Waals surface area contributed by atoms with Crippen molar-refractivity contribution in [3.63, 3.8) is 0 Å². The Balaban J connectivity index is 1.61. The molecule has 1 saturated heterocycles. The van der Waals surface area contributed by atoms with Crippen LogP contribution in [0.1, 0.15) is 20.8 Å². The van der Waals surface area contributed by atoms with Gasteiger partial charge in [0.05, 0.1) is 41.0 Å². The molecule has 2 aromatic carbocycles. The molecule has 1 amide bonds. The van der Waals surface area contributed by atoms with Crippen molar-refractivity contribution >= 4 is 38.9 Å². The van der Waals surface area contributed by atoms with Crippen LogP contribution in [0.3, 0.4) is 0 Å². The van der Waals surface area contributed by atoms with E-state index >= 15 is 0 Å². The Labute approximate surface area is 193 Å². The Morgan fingerprint density at radius 3 is 2.44 bits per heavy atom. The summed E-state index contributed by atoms with van der Waals surface area (Å²) in [7, 11) is -3.63. The minimum Gasteiger partial charge on any atom is -0.490 e. The lowest BCUT2D eigenvalue weighted by molar-refractivity contribution is -0.114. The van der Waals surface area contributed by atoms with Crippen molar-refractivity contribution in [2.24, 2.45) is 0 Å². The second-order valence-electron chi connectivity index (χ2n) is 7.55. The van der Waals surface area contributed by atoms with E-state index in [1.165, 1.54) is 16.4 Å². The molecule has 2 aromatic rings. The molecule has 3 rings (SSSR count). The van der Waals surface area contributed by atoms with E-state index in [2.05, 4.69) is 10.6 Å². The first-order valence-corrected chi connectivity index (χ1v) is 12.2. The number of amides is 1. The number of ether oxygens (including phenoxy) is 2. The van der Waals surface area contributed by atoms with Crippen LogP contribution in [-0.2, 0) is 19.6 Å². The summed E-state index contributed by atoms with van der Waals surface area (Å²) in [5, 5.41) is 6.21. The Morgan fingerprint density at radius 2 is 1.81 bits per heavy atom. The molecule has 1 heterocycles. The van der Waals surface area contributed by atoms with E-state index in [1.807, 2.05) is 20.8 Å². The lowest BCUT2D eigenvalue weighted by atomic mass is 10.3. The second kappa shape index (κ2) is 10.5. The smallest absolute Gasteiger partial charge is 0.243 e. The van der Waals surface area contributed by atoms with Crippen LogP contribution in [0.5, 0.6) is 5.75 Å². The summed E-state index contributed by atoms with van der Waals surface area (Å²) in [5.74, 6) is 0.199. The van der Waals surface area contributed by atoms with Gasteiger partial charge in [-0.05, 0) is 57.2 Å². The maximum atomic E-state index is 12.9. The summed E-state index contributed by atoms with van der Waals surface area (Å²) in [6.07, 6.45) is -0.329. The number of rotatable bonds is 8. The summed E-state index contributed by atoms with van der Waals surface area (Å²) in [5.41, 5.74) is 1.11. The second-order valence-corrected chi connectivity index (χ2v) is 9.90. The summed E-state index contributed by atoms with van der Waals surface area (Å²) in [6, 6.07) is 11.4. The molecule has 2 atom stereocenters. The number of nitrogens with one attached hydrogen (secondary N) is 2. The van der Waals surface area contributed by atoms with Gasteiger partial charge in [0.1, 0.15) is 0 Å². The van der Waals surface area contributed by atoms with Gasteiger partial charge < -0.3 is 20.1 Å². The number of carbonyl (C=O) groups is 1. The van der Waals surface area contributed by atoms with E-state index in [4.69, 9.17) is 21.1 Å². The van der Waals surface area contributed by atoms with Crippen LogP contribution < -0.4 is 15.4 Å². The van der Waals surface area contributed by atoms with Gasteiger partial charge in [-0.3, -0.25) is 4.79 Å². The molecular formula is C22H28ClN3O5S. The zero-order valence-corrected chi connectivity index (χ0v) is 19.9. The van der Waals surface area contributed by atoms with Gasteiger partial charge in [0, 0.05) is 18.8 Å². The number of para-hydroxylation sites is 1. The van der Waals surface area contributed by atoms with Crippen LogP contribution in [0.15, 0.2) is 47.4 Å². The van der Waals surface area contributed by atoms with Crippen molar-refractivity contribution in [1.82, 2.24) is 4.31 Å². The van der Waals surface area contributed by atoms with Gasteiger partial charge in [-0.2, -0.15) is 4.31 Å². The molecule has 10 heteroatoms. The highest BCUT2D eigenvalue weighted by molar-refractivity contribution is 7.89. The van der Waals surface area contributed by atoms with Gasteiger partial charge in [0.25, 0.3) is 0 Å². The molecule has 0 radical (unpaired) electrons. The molecule has 2 N–H and O–H groups in total.